The quantitative estimate of drug-likeness (QED) is 0.689. The average Bonchev–Trinajstić information content (AvgIpc) is 2.50. The summed E-state index contributed by atoms with van der Waals surface area (Å²) in [6.07, 6.45) is 5.38. The highest BCUT2D eigenvalue weighted by Crippen LogP contribution is 2.20. The van der Waals surface area contributed by atoms with Gasteiger partial charge in [-0.2, -0.15) is 0 Å². The van der Waals surface area contributed by atoms with E-state index >= 15 is 0 Å². The van der Waals surface area contributed by atoms with Gasteiger partial charge in [0.25, 0.3) is 0 Å². The summed E-state index contributed by atoms with van der Waals surface area (Å²) in [4.78, 5) is 4.69. The zero-order valence-electron chi connectivity index (χ0n) is 13.8. The van der Waals surface area contributed by atoms with E-state index in [1.807, 2.05) is 0 Å². The Morgan fingerprint density at radius 2 is 2.27 bits per heavy atom. The number of fused-ring (bicyclic) bond motifs is 1. The minimum atomic E-state index is -1.29. The van der Waals surface area contributed by atoms with E-state index in [1.54, 1.807) is 6.92 Å². The molecule has 0 fully saturated rings. The normalized spacial score (nSPS) is 16.7. The van der Waals surface area contributed by atoms with Gasteiger partial charge >= 0.3 is 0 Å². The fourth-order valence-corrected chi connectivity index (χ4v) is 2.77. The molecule has 0 radical (unpaired) electrons. The van der Waals surface area contributed by atoms with Crippen molar-refractivity contribution in [3.05, 3.63) is 23.4 Å². The van der Waals surface area contributed by atoms with Gasteiger partial charge in [-0.05, 0) is 57.2 Å². The maximum atomic E-state index is 13.8. The molecule has 0 bridgehead atoms. The van der Waals surface area contributed by atoms with Crippen LogP contribution in [0.4, 0.5) is 10.2 Å². The number of anilines is 1. The Kier molecular flexibility index (Phi) is 6.58. The minimum absolute atomic E-state index is 0.131. The molecule has 2 heterocycles. The number of hydrogen-bond acceptors (Lipinski definition) is 4. The summed E-state index contributed by atoms with van der Waals surface area (Å²) >= 11 is 0. The Morgan fingerprint density at radius 1 is 1.41 bits per heavy atom. The zero-order valence-corrected chi connectivity index (χ0v) is 13.8. The van der Waals surface area contributed by atoms with Crippen LogP contribution >= 0.6 is 0 Å². The second-order valence-corrected chi connectivity index (χ2v) is 6.32. The second-order valence-electron chi connectivity index (χ2n) is 6.32. The number of rotatable bonds is 9. The van der Waals surface area contributed by atoms with E-state index in [2.05, 4.69) is 27.8 Å². The summed E-state index contributed by atoms with van der Waals surface area (Å²) < 4.78 is 18.7. The molecule has 1 unspecified atom stereocenters. The maximum Gasteiger partial charge on any atom is 0.143 e. The fourth-order valence-electron chi connectivity index (χ4n) is 2.77. The van der Waals surface area contributed by atoms with Gasteiger partial charge in [-0.3, -0.25) is 0 Å². The third-order valence-electron chi connectivity index (χ3n) is 3.93. The van der Waals surface area contributed by atoms with Crippen molar-refractivity contribution in [1.82, 2.24) is 10.3 Å². The SMILES string of the molecule is COCC(C)(F)CNCCCCc1ccc2c(n1)NCCC2. The largest absolute Gasteiger partial charge is 0.381 e. The van der Waals surface area contributed by atoms with Crippen molar-refractivity contribution in [2.24, 2.45) is 0 Å². The molecule has 4 nitrogen and oxygen atoms in total. The molecular formula is C17H28FN3O. The summed E-state index contributed by atoms with van der Waals surface area (Å²) in [6.45, 7) is 3.88. The van der Waals surface area contributed by atoms with Gasteiger partial charge in [0.15, 0.2) is 0 Å². The molecule has 1 aliphatic rings. The van der Waals surface area contributed by atoms with E-state index in [0.717, 1.165) is 50.3 Å². The third-order valence-corrected chi connectivity index (χ3v) is 3.93. The number of hydrogen-bond donors (Lipinski definition) is 2. The summed E-state index contributed by atoms with van der Waals surface area (Å²) in [7, 11) is 1.53. The molecule has 5 heteroatoms. The van der Waals surface area contributed by atoms with Crippen molar-refractivity contribution in [3.8, 4) is 0 Å². The molecule has 1 aromatic rings. The van der Waals surface area contributed by atoms with Crippen LogP contribution in [0.15, 0.2) is 12.1 Å². The van der Waals surface area contributed by atoms with E-state index in [9.17, 15) is 4.39 Å². The van der Waals surface area contributed by atoms with Gasteiger partial charge in [0.1, 0.15) is 11.5 Å². The zero-order chi connectivity index (χ0) is 15.8. The summed E-state index contributed by atoms with van der Waals surface area (Å²) in [5.41, 5.74) is 1.18. The second kappa shape index (κ2) is 8.44. The third kappa shape index (κ3) is 5.54. The number of aryl methyl sites for hydroxylation is 2. The number of ether oxygens (including phenoxy) is 1. The predicted molar refractivity (Wildman–Crippen MR) is 88.2 cm³/mol. The standard InChI is InChI=1S/C17H28FN3O/c1-17(18,13-22-2)12-19-10-4-3-7-15-9-8-14-6-5-11-20-16(14)21-15/h8-9,19H,3-7,10-13H2,1-2H3,(H,20,21). The van der Waals surface area contributed by atoms with Crippen LogP contribution < -0.4 is 10.6 Å². The van der Waals surface area contributed by atoms with Crippen LogP contribution in [-0.4, -0.2) is 44.0 Å². The van der Waals surface area contributed by atoms with Crippen LogP contribution in [0, 0.1) is 0 Å². The van der Waals surface area contributed by atoms with Crippen LogP contribution in [-0.2, 0) is 17.6 Å². The van der Waals surface area contributed by atoms with Crippen LogP contribution in [0.25, 0.3) is 0 Å². The van der Waals surface area contributed by atoms with Gasteiger partial charge in [0.2, 0.25) is 0 Å². The predicted octanol–water partition coefficient (Wildman–Crippen LogP) is 2.73. The van der Waals surface area contributed by atoms with Crippen molar-refractivity contribution < 1.29 is 9.13 Å². The molecule has 0 saturated heterocycles. The summed E-state index contributed by atoms with van der Waals surface area (Å²) in [6, 6.07) is 4.33. The number of pyridine rings is 1. The Labute approximate surface area is 132 Å². The first kappa shape index (κ1) is 17.2. The number of nitrogens with one attached hydrogen (secondary N) is 2. The van der Waals surface area contributed by atoms with Crippen LogP contribution in [0.2, 0.25) is 0 Å². The van der Waals surface area contributed by atoms with Gasteiger partial charge in [-0.25, -0.2) is 9.37 Å². The van der Waals surface area contributed by atoms with Crippen molar-refractivity contribution >= 4 is 5.82 Å². The maximum absolute atomic E-state index is 13.8. The van der Waals surface area contributed by atoms with Crippen molar-refractivity contribution in [2.75, 3.05) is 38.7 Å². The lowest BCUT2D eigenvalue weighted by Crippen LogP contribution is -2.38. The number of aromatic nitrogens is 1. The Balaban J connectivity index is 1.63. The van der Waals surface area contributed by atoms with Crippen molar-refractivity contribution in [2.45, 2.75) is 44.7 Å². The highest BCUT2D eigenvalue weighted by atomic mass is 19.1. The molecule has 0 aromatic carbocycles. The summed E-state index contributed by atoms with van der Waals surface area (Å²) in [5.74, 6) is 1.06. The lowest BCUT2D eigenvalue weighted by molar-refractivity contribution is 0.0547. The number of methoxy groups -OCH3 is 1. The first-order valence-corrected chi connectivity index (χ1v) is 8.22. The van der Waals surface area contributed by atoms with Crippen LogP contribution in [0.3, 0.4) is 0 Å². The minimum Gasteiger partial charge on any atom is -0.381 e. The molecular weight excluding hydrogens is 281 g/mol. The molecule has 1 aliphatic heterocycles. The molecule has 1 atom stereocenters. The van der Waals surface area contributed by atoms with E-state index < -0.39 is 5.67 Å². The smallest absolute Gasteiger partial charge is 0.143 e. The van der Waals surface area contributed by atoms with E-state index in [4.69, 9.17) is 4.74 Å². The summed E-state index contributed by atoms with van der Waals surface area (Å²) in [5, 5.41) is 6.52. The molecule has 0 spiro atoms. The molecule has 1 aromatic heterocycles. The van der Waals surface area contributed by atoms with Crippen molar-refractivity contribution in [1.29, 1.82) is 0 Å². The van der Waals surface area contributed by atoms with Crippen LogP contribution in [0.1, 0.15) is 37.4 Å². The monoisotopic (exact) mass is 309 g/mol. The van der Waals surface area contributed by atoms with Gasteiger partial charge in [-0.15, -0.1) is 0 Å². The highest BCUT2D eigenvalue weighted by molar-refractivity contribution is 5.46. The number of alkyl halides is 1. The number of unbranched alkanes of at least 4 members (excludes halogenated alkanes) is 1. The van der Waals surface area contributed by atoms with Gasteiger partial charge in [-0.1, -0.05) is 6.07 Å². The van der Waals surface area contributed by atoms with Crippen LogP contribution in [0.5, 0.6) is 0 Å². The first-order valence-electron chi connectivity index (χ1n) is 8.22. The van der Waals surface area contributed by atoms with E-state index in [1.165, 1.54) is 19.1 Å². The Morgan fingerprint density at radius 3 is 3.09 bits per heavy atom. The Hall–Kier alpha value is -1.20. The van der Waals surface area contributed by atoms with E-state index in [0.29, 0.717) is 6.54 Å². The topological polar surface area (TPSA) is 46.2 Å². The lowest BCUT2D eigenvalue weighted by Gasteiger charge is -2.19. The molecule has 0 amide bonds. The van der Waals surface area contributed by atoms with E-state index in [-0.39, 0.29) is 6.61 Å². The lowest BCUT2D eigenvalue weighted by atomic mass is 10.1. The number of nitrogens with zero attached hydrogens (tertiary/aromatic N) is 1. The molecule has 2 rings (SSSR count). The van der Waals surface area contributed by atoms with Gasteiger partial charge < -0.3 is 15.4 Å². The molecule has 22 heavy (non-hydrogen) atoms. The molecule has 124 valence electrons. The molecule has 0 aliphatic carbocycles. The van der Waals surface area contributed by atoms with Gasteiger partial charge in [0, 0.05) is 25.9 Å². The number of halogens is 1. The Bertz CT molecular complexity index is 465. The fraction of sp³-hybridized carbons (Fsp3) is 0.706. The van der Waals surface area contributed by atoms with Crippen molar-refractivity contribution in [3.63, 3.8) is 0 Å². The molecule has 0 saturated carbocycles. The molecule has 2 N–H and O–H groups in total. The first-order chi connectivity index (χ1) is 10.6. The highest BCUT2D eigenvalue weighted by Gasteiger charge is 2.21. The average molecular weight is 309 g/mol. The van der Waals surface area contributed by atoms with Gasteiger partial charge in [0.05, 0.1) is 6.61 Å².